The Bertz CT molecular complexity index is 1340. The van der Waals surface area contributed by atoms with Crippen molar-refractivity contribution in [2.45, 2.75) is 26.3 Å². The molecule has 1 aromatic heterocycles. The molecule has 4 aromatic rings. The first-order valence-corrected chi connectivity index (χ1v) is 10.9. The van der Waals surface area contributed by atoms with Crippen molar-refractivity contribution in [3.63, 3.8) is 0 Å². The third-order valence-electron chi connectivity index (χ3n) is 6.19. The predicted octanol–water partition coefficient (Wildman–Crippen LogP) is 5.40. The number of fused-ring (bicyclic) bond motifs is 1. The van der Waals surface area contributed by atoms with Crippen LogP contribution in [0.2, 0.25) is 0 Å². The van der Waals surface area contributed by atoms with Gasteiger partial charge in [0.2, 0.25) is 0 Å². The summed E-state index contributed by atoms with van der Waals surface area (Å²) in [6.07, 6.45) is 0.926. The van der Waals surface area contributed by atoms with Crippen molar-refractivity contribution >= 4 is 17.6 Å². The van der Waals surface area contributed by atoms with Crippen molar-refractivity contribution in [3.8, 4) is 11.3 Å². The Balaban J connectivity index is 1.67. The Labute approximate surface area is 191 Å². The van der Waals surface area contributed by atoms with E-state index in [2.05, 4.69) is 41.4 Å². The zero-order chi connectivity index (χ0) is 23.1. The van der Waals surface area contributed by atoms with Crippen LogP contribution in [-0.4, -0.2) is 27.2 Å². The number of aromatic nitrogens is 2. The van der Waals surface area contributed by atoms with Gasteiger partial charge in [0, 0.05) is 16.8 Å². The number of hydrogen-bond acceptors (Lipinski definition) is 3. The van der Waals surface area contributed by atoms with Crippen LogP contribution in [0.25, 0.3) is 11.3 Å². The van der Waals surface area contributed by atoms with Gasteiger partial charge in [-0.1, -0.05) is 61.0 Å². The molecule has 2 heterocycles. The summed E-state index contributed by atoms with van der Waals surface area (Å²) < 4.78 is 0. The molecule has 0 fully saturated rings. The van der Waals surface area contributed by atoms with E-state index >= 15 is 0 Å². The molecule has 1 aliphatic rings. The topological polar surface area (TPSA) is 86.3 Å². The molecular formula is C27H23N3O3. The van der Waals surface area contributed by atoms with Gasteiger partial charge >= 0.3 is 5.97 Å². The number of amides is 1. The van der Waals surface area contributed by atoms with Crippen LogP contribution in [-0.2, 0) is 6.42 Å². The zero-order valence-electron chi connectivity index (χ0n) is 18.4. The lowest BCUT2D eigenvalue weighted by Gasteiger charge is -2.26. The van der Waals surface area contributed by atoms with Gasteiger partial charge in [-0.2, -0.15) is 5.10 Å². The van der Waals surface area contributed by atoms with E-state index < -0.39 is 5.97 Å². The Kier molecular flexibility index (Phi) is 5.05. The summed E-state index contributed by atoms with van der Waals surface area (Å²) in [5, 5.41) is 16.7. The number of aromatic amines is 1. The van der Waals surface area contributed by atoms with E-state index in [-0.39, 0.29) is 17.5 Å². The smallest absolute Gasteiger partial charge is 0.335 e. The second kappa shape index (κ2) is 8.06. The summed E-state index contributed by atoms with van der Waals surface area (Å²) in [6, 6.07) is 22.4. The number of aryl methyl sites for hydroxylation is 2. The van der Waals surface area contributed by atoms with Gasteiger partial charge < -0.3 is 5.11 Å². The maximum absolute atomic E-state index is 13.6. The third-order valence-corrected chi connectivity index (χ3v) is 6.19. The summed E-state index contributed by atoms with van der Waals surface area (Å²) in [6.45, 7) is 4.14. The van der Waals surface area contributed by atoms with E-state index in [1.807, 2.05) is 31.2 Å². The first-order chi connectivity index (χ1) is 16.0. The minimum atomic E-state index is -1.00. The molecule has 1 atom stereocenters. The Morgan fingerprint density at radius 3 is 2.27 bits per heavy atom. The molecule has 164 valence electrons. The zero-order valence-corrected chi connectivity index (χ0v) is 18.4. The minimum Gasteiger partial charge on any atom is -0.478 e. The highest BCUT2D eigenvalue weighted by atomic mass is 16.4. The number of nitrogens with one attached hydrogen (secondary N) is 1. The van der Waals surface area contributed by atoms with E-state index in [4.69, 9.17) is 0 Å². The van der Waals surface area contributed by atoms with Crippen molar-refractivity contribution in [3.05, 3.63) is 106 Å². The van der Waals surface area contributed by atoms with Gasteiger partial charge in [0.25, 0.3) is 5.91 Å². The van der Waals surface area contributed by atoms with Crippen LogP contribution in [0.1, 0.15) is 56.1 Å². The summed E-state index contributed by atoms with van der Waals surface area (Å²) >= 11 is 0. The number of nitrogens with zero attached hydrogens (tertiary/aromatic N) is 2. The van der Waals surface area contributed by atoms with Crippen LogP contribution in [0.4, 0.5) is 5.69 Å². The molecule has 6 nitrogen and oxygen atoms in total. The van der Waals surface area contributed by atoms with Gasteiger partial charge in [-0.3, -0.25) is 14.8 Å². The average Bonchev–Trinajstić information content (AvgIpc) is 3.39. The fraction of sp³-hybridized carbons (Fsp3) is 0.148. The van der Waals surface area contributed by atoms with Gasteiger partial charge in [0.15, 0.2) is 0 Å². The Morgan fingerprint density at radius 2 is 1.67 bits per heavy atom. The number of carboxylic acids is 1. The summed E-state index contributed by atoms with van der Waals surface area (Å²) in [5.41, 5.74) is 7.10. The van der Waals surface area contributed by atoms with Crippen molar-refractivity contribution < 1.29 is 14.7 Å². The predicted molar refractivity (Wildman–Crippen MR) is 127 cm³/mol. The van der Waals surface area contributed by atoms with Crippen molar-refractivity contribution in [2.24, 2.45) is 0 Å². The normalized spacial score (nSPS) is 15.0. The minimum absolute atomic E-state index is 0.176. The van der Waals surface area contributed by atoms with Crippen LogP contribution in [0.3, 0.4) is 0 Å². The number of H-pyrrole nitrogens is 1. The molecule has 5 rings (SSSR count). The van der Waals surface area contributed by atoms with Crippen LogP contribution in [0.5, 0.6) is 0 Å². The van der Waals surface area contributed by atoms with Crippen LogP contribution >= 0.6 is 0 Å². The van der Waals surface area contributed by atoms with Crippen molar-refractivity contribution in [1.82, 2.24) is 10.2 Å². The van der Waals surface area contributed by atoms with Gasteiger partial charge in [-0.15, -0.1) is 0 Å². The summed E-state index contributed by atoms with van der Waals surface area (Å²) in [4.78, 5) is 26.6. The Hall–Kier alpha value is -4.19. The number of benzene rings is 3. The lowest BCUT2D eigenvalue weighted by Crippen LogP contribution is -2.29. The molecule has 0 bridgehead atoms. The number of aromatic carboxylic acids is 1. The molecule has 2 N–H and O–H groups in total. The lowest BCUT2D eigenvalue weighted by molar-refractivity contribution is 0.0696. The Morgan fingerprint density at radius 1 is 1.00 bits per heavy atom. The summed E-state index contributed by atoms with van der Waals surface area (Å²) in [7, 11) is 0. The van der Waals surface area contributed by atoms with E-state index in [0.29, 0.717) is 11.4 Å². The number of carboxylic acid groups (broad SMARTS) is 1. The van der Waals surface area contributed by atoms with Crippen LogP contribution < -0.4 is 4.90 Å². The SMILES string of the molecule is CCc1ccc([C@@H]2c3c(-c4ccc(C)cc4)n[nH]c3C(=O)N2c2ccc(C(=O)O)cc2)cc1. The van der Waals surface area contributed by atoms with Crippen LogP contribution in [0, 0.1) is 6.92 Å². The number of carbonyl (C=O) groups excluding carboxylic acids is 1. The van der Waals surface area contributed by atoms with Crippen molar-refractivity contribution in [1.29, 1.82) is 0 Å². The molecule has 0 saturated heterocycles. The molecule has 1 amide bonds. The molecule has 0 spiro atoms. The highest BCUT2D eigenvalue weighted by Gasteiger charge is 2.43. The standard InChI is InChI=1S/C27H23N3O3/c1-3-17-6-10-19(11-7-17)25-22-23(18-8-4-16(2)5-9-18)28-29-24(22)26(31)30(25)21-14-12-20(13-15-21)27(32)33/h4-15,25H,3H2,1-2H3,(H,28,29)(H,32,33)/t25-/m1/s1. The van der Waals surface area contributed by atoms with Crippen LogP contribution in [0.15, 0.2) is 72.8 Å². The highest BCUT2D eigenvalue weighted by Crippen LogP contribution is 2.45. The summed E-state index contributed by atoms with van der Waals surface area (Å²) in [5.74, 6) is -1.19. The molecule has 0 aliphatic carbocycles. The fourth-order valence-electron chi connectivity index (χ4n) is 4.36. The van der Waals surface area contributed by atoms with E-state index in [1.165, 1.54) is 17.7 Å². The molecule has 3 aromatic carbocycles. The molecule has 6 heteroatoms. The molecule has 0 unspecified atom stereocenters. The molecular weight excluding hydrogens is 414 g/mol. The third kappa shape index (κ3) is 3.49. The van der Waals surface area contributed by atoms with E-state index in [9.17, 15) is 14.7 Å². The number of rotatable bonds is 5. The second-order valence-electron chi connectivity index (χ2n) is 8.25. The second-order valence-corrected chi connectivity index (χ2v) is 8.25. The molecule has 0 radical (unpaired) electrons. The monoisotopic (exact) mass is 437 g/mol. The van der Waals surface area contributed by atoms with E-state index in [1.54, 1.807) is 17.0 Å². The fourth-order valence-corrected chi connectivity index (χ4v) is 4.36. The highest BCUT2D eigenvalue weighted by molar-refractivity contribution is 6.11. The largest absolute Gasteiger partial charge is 0.478 e. The van der Waals surface area contributed by atoms with E-state index in [0.717, 1.165) is 34.4 Å². The number of anilines is 1. The maximum Gasteiger partial charge on any atom is 0.335 e. The number of carbonyl (C=O) groups is 2. The lowest BCUT2D eigenvalue weighted by atomic mass is 9.94. The molecule has 33 heavy (non-hydrogen) atoms. The van der Waals surface area contributed by atoms with Crippen molar-refractivity contribution in [2.75, 3.05) is 4.90 Å². The average molecular weight is 437 g/mol. The number of hydrogen-bond donors (Lipinski definition) is 2. The first kappa shape index (κ1) is 20.7. The maximum atomic E-state index is 13.6. The molecule has 1 aliphatic heterocycles. The van der Waals surface area contributed by atoms with Gasteiger partial charge in [0.1, 0.15) is 5.69 Å². The van der Waals surface area contributed by atoms with Gasteiger partial charge in [-0.05, 0) is 48.7 Å². The first-order valence-electron chi connectivity index (χ1n) is 10.9. The molecule has 0 saturated carbocycles. The quantitative estimate of drug-likeness (QED) is 0.438. The van der Waals surface area contributed by atoms with Gasteiger partial charge in [0.05, 0.1) is 17.3 Å². The van der Waals surface area contributed by atoms with Gasteiger partial charge in [-0.25, -0.2) is 4.79 Å².